The smallest absolute Gasteiger partial charge is 0.250 e. The molecule has 7 heteroatoms. The molecule has 0 radical (unpaired) electrons. The van der Waals surface area contributed by atoms with Gasteiger partial charge in [0.25, 0.3) is 0 Å². The Balaban J connectivity index is 1.99. The fourth-order valence-electron chi connectivity index (χ4n) is 1.26. The van der Waals surface area contributed by atoms with Gasteiger partial charge in [-0.1, -0.05) is 6.07 Å². The highest BCUT2D eigenvalue weighted by Crippen LogP contribution is 2.18. The molecule has 0 saturated heterocycles. The number of aliphatic hydroxyl groups excluding tert-OH is 1. The lowest BCUT2D eigenvalue weighted by atomic mass is 10.2. The van der Waals surface area contributed by atoms with E-state index in [1.165, 1.54) is 17.4 Å². The third-order valence-corrected chi connectivity index (χ3v) is 5.68. The molecule has 0 aliphatic heterocycles. The van der Waals surface area contributed by atoms with Crippen molar-refractivity contribution in [3.63, 3.8) is 0 Å². The van der Waals surface area contributed by atoms with Crippen LogP contribution in [0.2, 0.25) is 0 Å². The molecule has 2 N–H and O–H groups in total. The first kappa shape index (κ1) is 12.7. The first-order chi connectivity index (χ1) is 8.09. The van der Waals surface area contributed by atoms with Crippen molar-refractivity contribution in [2.24, 2.45) is 0 Å². The minimum absolute atomic E-state index is 0.0169. The minimum Gasteiger partial charge on any atom is -0.387 e. The highest BCUT2D eigenvalue weighted by molar-refractivity contribution is 7.91. The van der Waals surface area contributed by atoms with E-state index >= 15 is 0 Å². The third kappa shape index (κ3) is 3.14. The van der Waals surface area contributed by atoms with Crippen molar-refractivity contribution in [3.05, 3.63) is 39.9 Å². The molecule has 0 fully saturated rings. The van der Waals surface area contributed by atoms with Crippen LogP contribution >= 0.6 is 22.7 Å². The van der Waals surface area contributed by atoms with Gasteiger partial charge in [0.2, 0.25) is 10.0 Å². The molecule has 1 atom stereocenters. The Hall–Kier alpha value is -0.730. The van der Waals surface area contributed by atoms with Crippen LogP contribution in [0, 0.1) is 0 Å². The second kappa shape index (κ2) is 5.28. The number of hydrogen-bond acceptors (Lipinski definition) is 5. The zero-order valence-electron chi connectivity index (χ0n) is 8.74. The predicted molar refractivity (Wildman–Crippen MR) is 68.8 cm³/mol. The van der Waals surface area contributed by atoms with Gasteiger partial charge in [-0.3, -0.25) is 0 Å². The molecule has 1 unspecified atom stereocenters. The van der Waals surface area contributed by atoms with Crippen LogP contribution in [0.1, 0.15) is 11.7 Å². The summed E-state index contributed by atoms with van der Waals surface area (Å²) in [6.45, 7) is -0.0169. The second-order valence-electron chi connectivity index (χ2n) is 3.36. The lowest BCUT2D eigenvalue weighted by Crippen LogP contribution is -2.27. The minimum atomic E-state index is -3.49. The second-order valence-corrected chi connectivity index (χ2v) is 7.08. The zero-order chi connectivity index (χ0) is 12.3. The molecule has 0 aliphatic carbocycles. The van der Waals surface area contributed by atoms with E-state index in [0.29, 0.717) is 0 Å². The summed E-state index contributed by atoms with van der Waals surface area (Å²) in [6.07, 6.45) is -0.809. The predicted octanol–water partition coefficient (Wildman–Crippen LogP) is 1.82. The van der Waals surface area contributed by atoms with Gasteiger partial charge >= 0.3 is 0 Å². The molecule has 2 heterocycles. The van der Waals surface area contributed by atoms with Gasteiger partial charge in [0.1, 0.15) is 4.21 Å². The van der Waals surface area contributed by atoms with Crippen LogP contribution < -0.4 is 4.72 Å². The van der Waals surface area contributed by atoms with Gasteiger partial charge in [-0.2, -0.15) is 11.3 Å². The monoisotopic (exact) mass is 289 g/mol. The topological polar surface area (TPSA) is 66.4 Å². The number of nitrogens with one attached hydrogen (secondary N) is 1. The Morgan fingerprint density at radius 1 is 1.35 bits per heavy atom. The molecule has 0 aromatic carbocycles. The van der Waals surface area contributed by atoms with Gasteiger partial charge in [0, 0.05) is 6.54 Å². The molecule has 92 valence electrons. The summed E-state index contributed by atoms with van der Waals surface area (Å²) in [4.78, 5) is 0. The van der Waals surface area contributed by atoms with Crippen molar-refractivity contribution >= 4 is 32.7 Å². The average Bonchev–Trinajstić information content (AvgIpc) is 2.97. The maximum Gasteiger partial charge on any atom is 0.250 e. The zero-order valence-corrected chi connectivity index (χ0v) is 11.2. The number of rotatable bonds is 5. The van der Waals surface area contributed by atoms with Crippen molar-refractivity contribution in [3.8, 4) is 0 Å². The average molecular weight is 289 g/mol. The van der Waals surface area contributed by atoms with Gasteiger partial charge < -0.3 is 5.11 Å². The molecule has 0 amide bonds. The van der Waals surface area contributed by atoms with E-state index in [-0.39, 0.29) is 10.8 Å². The summed E-state index contributed by atoms with van der Waals surface area (Å²) in [7, 11) is -3.49. The third-order valence-electron chi connectivity index (χ3n) is 2.15. The number of sulfonamides is 1. The van der Waals surface area contributed by atoms with Crippen LogP contribution in [0.25, 0.3) is 0 Å². The fraction of sp³-hybridized carbons (Fsp3) is 0.200. The number of hydrogen-bond donors (Lipinski definition) is 2. The van der Waals surface area contributed by atoms with E-state index in [1.54, 1.807) is 22.9 Å². The number of thiophene rings is 2. The first-order valence-electron chi connectivity index (χ1n) is 4.83. The first-order valence-corrected chi connectivity index (χ1v) is 8.13. The molecule has 17 heavy (non-hydrogen) atoms. The highest BCUT2D eigenvalue weighted by Gasteiger charge is 2.17. The van der Waals surface area contributed by atoms with Crippen LogP contribution in [-0.2, 0) is 10.0 Å². The summed E-state index contributed by atoms with van der Waals surface area (Å²) in [5.74, 6) is 0. The van der Waals surface area contributed by atoms with Crippen LogP contribution in [0.3, 0.4) is 0 Å². The Bertz CT molecular complexity index is 546. The maximum atomic E-state index is 11.8. The van der Waals surface area contributed by atoms with E-state index < -0.39 is 16.1 Å². The van der Waals surface area contributed by atoms with Crippen molar-refractivity contribution in [1.29, 1.82) is 0 Å². The molecule has 0 saturated carbocycles. The van der Waals surface area contributed by atoms with Crippen LogP contribution in [0.4, 0.5) is 0 Å². The molecule has 0 bridgehead atoms. The van der Waals surface area contributed by atoms with Crippen molar-refractivity contribution in [1.82, 2.24) is 4.72 Å². The summed E-state index contributed by atoms with van der Waals surface area (Å²) >= 11 is 2.61. The Labute approximate surface area is 108 Å². The van der Waals surface area contributed by atoms with Crippen molar-refractivity contribution < 1.29 is 13.5 Å². The standard InChI is InChI=1S/C10H11NO3S3/c12-9(8-3-5-15-7-8)6-11-17(13,14)10-2-1-4-16-10/h1-5,7,9,11-12H,6H2. The maximum absolute atomic E-state index is 11.8. The Morgan fingerprint density at radius 3 is 2.76 bits per heavy atom. The van der Waals surface area contributed by atoms with Crippen LogP contribution in [0.5, 0.6) is 0 Å². The summed E-state index contributed by atoms with van der Waals surface area (Å²) in [5.41, 5.74) is 0.726. The van der Waals surface area contributed by atoms with Gasteiger partial charge in [-0.25, -0.2) is 13.1 Å². The van der Waals surface area contributed by atoms with Crippen molar-refractivity contribution in [2.45, 2.75) is 10.3 Å². The largest absolute Gasteiger partial charge is 0.387 e. The van der Waals surface area contributed by atoms with Gasteiger partial charge in [0.05, 0.1) is 6.10 Å². The summed E-state index contributed by atoms with van der Waals surface area (Å²) in [6, 6.07) is 4.98. The molecule has 4 nitrogen and oxygen atoms in total. The van der Waals surface area contributed by atoms with Crippen LogP contribution in [-0.4, -0.2) is 20.1 Å². The molecule has 0 aliphatic rings. The van der Waals surface area contributed by atoms with E-state index in [0.717, 1.165) is 16.9 Å². The SMILES string of the molecule is O=S(=O)(NCC(O)c1ccsc1)c1cccs1. The number of aliphatic hydroxyl groups is 1. The quantitative estimate of drug-likeness (QED) is 0.882. The van der Waals surface area contributed by atoms with Crippen molar-refractivity contribution in [2.75, 3.05) is 6.54 Å². The highest BCUT2D eigenvalue weighted by atomic mass is 32.2. The van der Waals surface area contributed by atoms with Gasteiger partial charge in [0.15, 0.2) is 0 Å². The molecule has 0 spiro atoms. The molecular formula is C10H11NO3S3. The van der Waals surface area contributed by atoms with E-state index in [9.17, 15) is 13.5 Å². The molecule has 2 rings (SSSR count). The fourth-order valence-corrected chi connectivity index (χ4v) is 4.04. The van der Waals surface area contributed by atoms with E-state index in [2.05, 4.69) is 4.72 Å². The normalized spacial score (nSPS) is 13.7. The molecular weight excluding hydrogens is 278 g/mol. The summed E-state index contributed by atoms with van der Waals surface area (Å²) in [5, 5.41) is 15.1. The van der Waals surface area contributed by atoms with E-state index in [4.69, 9.17) is 0 Å². The van der Waals surface area contributed by atoms with E-state index in [1.807, 2.05) is 5.38 Å². The molecule has 2 aromatic heterocycles. The van der Waals surface area contributed by atoms with Gasteiger partial charge in [-0.05, 0) is 33.8 Å². The molecule has 2 aromatic rings. The lowest BCUT2D eigenvalue weighted by molar-refractivity contribution is 0.182. The Kier molecular flexibility index (Phi) is 3.95. The summed E-state index contributed by atoms with van der Waals surface area (Å²) < 4.78 is 26.2. The van der Waals surface area contributed by atoms with Gasteiger partial charge in [-0.15, -0.1) is 11.3 Å². The lowest BCUT2D eigenvalue weighted by Gasteiger charge is -2.09. The Morgan fingerprint density at radius 2 is 2.18 bits per heavy atom. The van der Waals surface area contributed by atoms with Crippen LogP contribution in [0.15, 0.2) is 38.5 Å².